The fourth-order valence-corrected chi connectivity index (χ4v) is 2.33. The Kier molecular flexibility index (Phi) is 4.65. The van der Waals surface area contributed by atoms with E-state index >= 15 is 0 Å². The van der Waals surface area contributed by atoms with Crippen molar-refractivity contribution in [1.29, 1.82) is 0 Å². The highest BCUT2D eigenvalue weighted by Gasteiger charge is 2.11. The molecule has 0 amide bonds. The van der Waals surface area contributed by atoms with E-state index in [9.17, 15) is 0 Å². The van der Waals surface area contributed by atoms with E-state index in [1.807, 2.05) is 0 Å². The lowest BCUT2D eigenvalue weighted by atomic mass is 10.1. The monoisotopic (exact) mass is 247 g/mol. The molecule has 0 fully saturated rings. The summed E-state index contributed by atoms with van der Waals surface area (Å²) >= 11 is 0. The van der Waals surface area contributed by atoms with Crippen molar-refractivity contribution in [3.8, 4) is 5.75 Å². The first-order valence-electron chi connectivity index (χ1n) is 7.15. The molecule has 18 heavy (non-hydrogen) atoms. The van der Waals surface area contributed by atoms with Crippen LogP contribution in [0.25, 0.3) is 0 Å². The Morgan fingerprint density at radius 3 is 2.72 bits per heavy atom. The van der Waals surface area contributed by atoms with Crippen molar-refractivity contribution in [1.82, 2.24) is 5.32 Å². The Morgan fingerprint density at radius 1 is 1.17 bits per heavy atom. The number of nitrogens with one attached hydrogen (secondary N) is 1. The van der Waals surface area contributed by atoms with Crippen molar-refractivity contribution in [2.75, 3.05) is 13.2 Å². The van der Waals surface area contributed by atoms with Crippen LogP contribution < -0.4 is 10.1 Å². The van der Waals surface area contributed by atoms with Crippen molar-refractivity contribution in [2.45, 2.75) is 46.1 Å². The Morgan fingerprint density at radius 2 is 1.94 bits per heavy atom. The van der Waals surface area contributed by atoms with Gasteiger partial charge in [-0.25, -0.2) is 0 Å². The number of fused-ring (bicyclic) bond motifs is 1. The first-order valence-corrected chi connectivity index (χ1v) is 7.15. The minimum Gasteiger partial charge on any atom is -0.492 e. The SMILES string of the molecule is CC(C)C(C)NCCOc1ccc2c(c1)CCC2. The molecule has 0 heterocycles. The first kappa shape index (κ1) is 13.4. The number of aryl methyl sites for hydroxylation is 2. The number of rotatable bonds is 6. The third-order valence-corrected chi connectivity index (χ3v) is 3.91. The second-order valence-corrected chi connectivity index (χ2v) is 5.62. The molecule has 1 aromatic carbocycles. The summed E-state index contributed by atoms with van der Waals surface area (Å²) in [6, 6.07) is 7.10. The molecule has 0 saturated carbocycles. The molecule has 1 aromatic rings. The Hall–Kier alpha value is -1.02. The molecule has 1 N–H and O–H groups in total. The van der Waals surface area contributed by atoms with Crippen molar-refractivity contribution in [3.05, 3.63) is 29.3 Å². The van der Waals surface area contributed by atoms with Crippen LogP contribution in [0.2, 0.25) is 0 Å². The number of hydrogen-bond donors (Lipinski definition) is 1. The van der Waals surface area contributed by atoms with Crippen LogP contribution in [-0.2, 0) is 12.8 Å². The third kappa shape index (κ3) is 3.49. The predicted octanol–water partition coefficient (Wildman–Crippen LogP) is 3.19. The normalized spacial score (nSPS) is 15.8. The van der Waals surface area contributed by atoms with Crippen LogP contribution in [-0.4, -0.2) is 19.2 Å². The smallest absolute Gasteiger partial charge is 0.119 e. The minimum atomic E-state index is 0.550. The molecule has 0 aliphatic heterocycles. The third-order valence-electron chi connectivity index (χ3n) is 3.91. The van der Waals surface area contributed by atoms with Crippen LogP contribution in [0, 0.1) is 5.92 Å². The van der Waals surface area contributed by atoms with Crippen molar-refractivity contribution < 1.29 is 4.74 Å². The Labute approximate surface area is 111 Å². The molecular weight excluding hydrogens is 222 g/mol. The van der Waals surface area contributed by atoms with Crippen molar-refractivity contribution in [3.63, 3.8) is 0 Å². The van der Waals surface area contributed by atoms with Crippen LogP contribution in [0.5, 0.6) is 5.75 Å². The molecule has 2 nitrogen and oxygen atoms in total. The van der Waals surface area contributed by atoms with Gasteiger partial charge in [-0.1, -0.05) is 19.9 Å². The lowest BCUT2D eigenvalue weighted by molar-refractivity contribution is 0.296. The predicted molar refractivity (Wildman–Crippen MR) is 76.3 cm³/mol. The maximum Gasteiger partial charge on any atom is 0.119 e. The van der Waals surface area contributed by atoms with Crippen LogP contribution in [0.3, 0.4) is 0 Å². The summed E-state index contributed by atoms with van der Waals surface area (Å²) in [6.07, 6.45) is 3.75. The van der Waals surface area contributed by atoms with E-state index in [1.165, 1.54) is 30.4 Å². The van der Waals surface area contributed by atoms with Gasteiger partial charge in [-0.2, -0.15) is 0 Å². The number of hydrogen-bond acceptors (Lipinski definition) is 2. The second kappa shape index (κ2) is 6.24. The van der Waals surface area contributed by atoms with Gasteiger partial charge in [-0.3, -0.25) is 0 Å². The number of ether oxygens (including phenoxy) is 1. The molecule has 0 aromatic heterocycles. The minimum absolute atomic E-state index is 0.550. The summed E-state index contributed by atoms with van der Waals surface area (Å²) in [6.45, 7) is 8.35. The van der Waals surface area contributed by atoms with Gasteiger partial charge in [0.05, 0.1) is 0 Å². The van der Waals surface area contributed by atoms with Crippen LogP contribution in [0.1, 0.15) is 38.3 Å². The topological polar surface area (TPSA) is 21.3 Å². The summed E-state index contributed by atoms with van der Waals surface area (Å²) in [4.78, 5) is 0. The first-order chi connectivity index (χ1) is 8.66. The molecule has 0 radical (unpaired) electrons. The lowest BCUT2D eigenvalue weighted by Crippen LogP contribution is -2.33. The lowest BCUT2D eigenvalue weighted by Gasteiger charge is -2.17. The van der Waals surface area contributed by atoms with Gasteiger partial charge in [-0.05, 0) is 55.4 Å². The van der Waals surface area contributed by atoms with Gasteiger partial charge < -0.3 is 10.1 Å². The Balaban J connectivity index is 1.74. The van der Waals surface area contributed by atoms with Crippen LogP contribution >= 0.6 is 0 Å². The fourth-order valence-electron chi connectivity index (χ4n) is 2.33. The van der Waals surface area contributed by atoms with Gasteiger partial charge in [-0.15, -0.1) is 0 Å². The molecule has 0 spiro atoms. The second-order valence-electron chi connectivity index (χ2n) is 5.62. The Bertz CT molecular complexity index is 387. The molecule has 0 saturated heterocycles. The zero-order chi connectivity index (χ0) is 13.0. The molecular formula is C16H25NO. The summed E-state index contributed by atoms with van der Waals surface area (Å²) in [5.74, 6) is 1.69. The highest BCUT2D eigenvalue weighted by Crippen LogP contribution is 2.25. The molecule has 0 bridgehead atoms. The largest absolute Gasteiger partial charge is 0.492 e. The van der Waals surface area contributed by atoms with Gasteiger partial charge in [0.15, 0.2) is 0 Å². The molecule has 2 heteroatoms. The van der Waals surface area contributed by atoms with E-state index in [1.54, 1.807) is 0 Å². The van der Waals surface area contributed by atoms with E-state index < -0.39 is 0 Å². The molecule has 2 rings (SSSR count). The zero-order valence-corrected chi connectivity index (χ0v) is 11.8. The van der Waals surface area contributed by atoms with Crippen LogP contribution in [0.15, 0.2) is 18.2 Å². The van der Waals surface area contributed by atoms with Gasteiger partial charge >= 0.3 is 0 Å². The zero-order valence-electron chi connectivity index (χ0n) is 11.8. The summed E-state index contributed by atoms with van der Waals surface area (Å²) in [7, 11) is 0. The van der Waals surface area contributed by atoms with Gasteiger partial charge in [0.25, 0.3) is 0 Å². The highest BCUT2D eigenvalue weighted by molar-refractivity contribution is 5.38. The van der Waals surface area contributed by atoms with Crippen LogP contribution in [0.4, 0.5) is 0 Å². The maximum absolute atomic E-state index is 5.80. The van der Waals surface area contributed by atoms with Crippen molar-refractivity contribution in [2.24, 2.45) is 5.92 Å². The summed E-state index contributed by atoms with van der Waals surface area (Å²) < 4.78 is 5.80. The molecule has 100 valence electrons. The summed E-state index contributed by atoms with van der Waals surface area (Å²) in [5, 5.41) is 3.48. The van der Waals surface area contributed by atoms with E-state index in [0.717, 1.165) is 18.9 Å². The molecule has 1 unspecified atom stereocenters. The fraction of sp³-hybridized carbons (Fsp3) is 0.625. The molecule has 1 aliphatic carbocycles. The standard InChI is InChI=1S/C16H25NO/c1-12(2)13(3)17-9-10-18-16-8-7-14-5-4-6-15(14)11-16/h7-8,11-13,17H,4-6,9-10H2,1-3H3. The van der Waals surface area contributed by atoms with Gasteiger partial charge in [0, 0.05) is 12.6 Å². The highest BCUT2D eigenvalue weighted by atomic mass is 16.5. The summed E-state index contributed by atoms with van der Waals surface area (Å²) in [5.41, 5.74) is 2.99. The van der Waals surface area contributed by atoms with E-state index in [4.69, 9.17) is 4.74 Å². The maximum atomic E-state index is 5.80. The quantitative estimate of drug-likeness (QED) is 0.780. The van der Waals surface area contributed by atoms with E-state index in [0.29, 0.717) is 12.0 Å². The average Bonchev–Trinajstić information content (AvgIpc) is 2.81. The van der Waals surface area contributed by atoms with Crippen molar-refractivity contribution >= 4 is 0 Å². The van der Waals surface area contributed by atoms with E-state index in [2.05, 4.69) is 44.3 Å². The van der Waals surface area contributed by atoms with E-state index in [-0.39, 0.29) is 0 Å². The molecule has 1 aliphatic rings. The van der Waals surface area contributed by atoms with Gasteiger partial charge in [0.1, 0.15) is 12.4 Å². The average molecular weight is 247 g/mol. The van der Waals surface area contributed by atoms with Gasteiger partial charge in [0.2, 0.25) is 0 Å². The molecule has 1 atom stereocenters. The number of benzene rings is 1.